The normalized spacial score (nSPS) is 25.5. The fourth-order valence-electron chi connectivity index (χ4n) is 2.57. The monoisotopic (exact) mass is 277 g/mol. The van der Waals surface area contributed by atoms with Crippen LogP contribution in [-0.4, -0.2) is 19.0 Å². The molecule has 0 aromatic heterocycles. The zero-order valence-corrected chi connectivity index (χ0v) is 9.76. The van der Waals surface area contributed by atoms with Crippen molar-refractivity contribution in [3.8, 4) is 11.5 Å². The summed E-state index contributed by atoms with van der Waals surface area (Å²) in [6.07, 6.45) is -3.50. The van der Waals surface area contributed by atoms with E-state index >= 15 is 0 Å². The number of halogens is 4. The van der Waals surface area contributed by atoms with Crippen LogP contribution in [-0.2, 0) is 0 Å². The summed E-state index contributed by atoms with van der Waals surface area (Å²) < 4.78 is 59.4. The molecule has 0 amide bonds. The zero-order valence-electron chi connectivity index (χ0n) is 9.76. The number of hydrogen-bond donors (Lipinski definition) is 1. The minimum atomic E-state index is -4.92. The lowest BCUT2D eigenvalue weighted by molar-refractivity contribution is -0.275. The van der Waals surface area contributed by atoms with E-state index in [-0.39, 0.29) is 17.9 Å². The Labute approximate surface area is 106 Å². The van der Waals surface area contributed by atoms with Crippen molar-refractivity contribution in [2.45, 2.75) is 31.3 Å². The molecule has 1 fully saturated rings. The molecule has 19 heavy (non-hydrogen) atoms. The van der Waals surface area contributed by atoms with Gasteiger partial charge in [0.1, 0.15) is 6.10 Å². The molecule has 1 unspecified atom stereocenters. The highest BCUT2D eigenvalue weighted by Crippen LogP contribution is 2.44. The van der Waals surface area contributed by atoms with Crippen LogP contribution in [0.1, 0.15) is 24.4 Å². The summed E-state index contributed by atoms with van der Waals surface area (Å²) in [5, 5.41) is 3.18. The van der Waals surface area contributed by atoms with Crippen LogP contribution in [0, 0.1) is 5.82 Å². The molecule has 2 atom stereocenters. The van der Waals surface area contributed by atoms with Gasteiger partial charge in [-0.15, -0.1) is 13.2 Å². The lowest BCUT2D eigenvalue weighted by Crippen LogP contribution is -2.36. The molecule has 104 valence electrons. The Morgan fingerprint density at radius 1 is 1.32 bits per heavy atom. The maximum Gasteiger partial charge on any atom is 0.573 e. The largest absolute Gasteiger partial charge is 0.573 e. The highest BCUT2D eigenvalue weighted by molar-refractivity contribution is 5.48. The van der Waals surface area contributed by atoms with Crippen molar-refractivity contribution in [3.63, 3.8) is 0 Å². The summed E-state index contributed by atoms with van der Waals surface area (Å²) in [4.78, 5) is 0. The SMILES string of the molecule is Fc1c(OC(F)(F)F)ccc2c1OC1CCCN[C@@H]21. The van der Waals surface area contributed by atoms with Gasteiger partial charge in [0, 0.05) is 5.56 Å². The second-order valence-electron chi connectivity index (χ2n) is 4.57. The van der Waals surface area contributed by atoms with Crippen LogP contribution in [0.5, 0.6) is 11.5 Å². The van der Waals surface area contributed by atoms with E-state index in [2.05, 4.69) is 10.1 Å². The molecule has 1 aromatic rings. The number of rotatable bonds is 1. The van der Waals surface area contributed by atoms with Crippen LogP contribution in [0.2, 0.25) is 0 Å². The number of piperidine rings is 1. The van der Waals surface area contributed by atoms with Crippen LogP contribution >= 0.6 is 0 Å². The molecule has 0 bridgehead atoms. The number of ether oxygens (including phenoxy) is 2. The Morgan fingerprint density at radius 3 is 2.84 bits per heavy atom. The summed E-state index contributed by atoms with van der Waals surface area (Å²) >= 11 is 0. The smallest absolute Gasteiger partial charge is 0.485 e. The summed E-state index contributed by atoms with van der Waals surface area (Å²) in [6, 6.07) is 2.25. The lowest BCUT2D eigenvalue weighted by atomic mass is 9.97. The van der Waals surface area contributed by atoms with Gasteiger partial charge in [0.05, 0.1) is 6.04 Å². The van der Waals surface area contributed by atoms with E-state index in [0.717, 1.165) is 25.5 Å². The van der Waals surface area contributed by atoms with E-state index in [1.165, 1.54) is 6.07 Å². The number of hydrogen-bond acceptors (Lipinski definition) is 3. The fraction of sp³-hybridized carbons (Fsp3) is 0.500. The molecule has 2 aliphatic heterocycles. The first kappa shape index (κ1) is 12.5. The van der Waals surface area contributed by atoms with E-state index in [0.29, 0.717) is 5.56 Å². The molecular formula is C12H11F4NO2. The van der Waals surface area contributed by atoms with Gasteiger partial charge in [0.25, 0.3) is 0 Å². The lowest BCUT2D eigenvalue weighted by Gasteiger charge is -2.25. The molecule has 0 aliphatic carbocycles. The van der Waals surface area contributed by atoms with Gasteiger partial charge in [0.15, 0.2) is 11.5 Å². The third-order valence-electron chi connectivity index (χ3n) is 3.32. The predicted octanol–water partition coefficient (Wildman–Crippen LogP) is 2.91. The van der Waals surface area contributed by atoms with E-state index < -0.39 is 17.9 Å². The molecule has 0 spiro atoms. The van der Waals surface area contributed by atoms with Crippen LogP contribution in [0.3, 0.4) is 0 Å². The maximum absolute atomic E-state index is 14.0. The molecule has 7 heteroatoms. The van der Waals surface area contributed by atoms with Gasteiger partial charge in [-0.1, -0.05) is 0 Å². The van der Waals surface area contributed by atoms with E-state index in [1.54, 1.807) is 0 Å². The molecule has 1 N–H and O–H groups in total. The number of nitrogens with one attached hydrogen (secondary N) is 1. The number of benzene rings is 1. The molecule has 2 aliphatic rings. The first-order valence-corrected chi connectivity index (χ1v) is 5.94. The van der Waals surface area contributed by atoms with Crippen LogP contribution in [0.15, 0.2) is 12.1 Å². The quantitative estimate of drug-likeness (QED) is 0.801. The number of fused-ring (bicyclic) bond motifs is 3. The Balaban J connectivity index is 1.94. The van der Waals surface area contributed by atoms with Gasteiger partial charge in [-0.2, -0.15) is 4.39 Å². The summed E-state index contributed by atoms with van der Waals surface area (Å²) in [7, 11) is 0. The third-order valence-corrected chi connectivity index (χ3v) is 3.32. The van der Waals surface area contributed by atoms with Gasteiger partial charge in [-0.25, -0.2) is 0 Å². The van der Waals surface area contributed by atoms with Gasteiger partial charge >= 0.3 is 6.36 Å². The maximum atomic E-state index is 14.0. The standard InChI is InChI=1S/C12H11F4NO2/c13-9-7(19-12(14,15)16)4-3-6-10-8(18-11(6)9)2-1-5-17-10/h3-4,8,10,17H,1-2,5H2/t8?,10-/m0/s1. The van der Waals surface area contributed by atoms with Gasteiger partial charge in [0.2, 0.25) is 5.82 Å². The Morgan fingerprint density at radius 2 is 2.11 bits per heavy atom. The Kier molecular flexibility index (Phi) is 2.81. The molecule has 0 radical (unpaired) electrons. The van der Waals surface area contributed by atoms with Gasteiger partial charge in [-0.3, -0.25) is 0 Å². The van der Waals surface area contributed by atoms with Crippen molar-refractivity contribution in [1.82, 2.24) is 5.32 Å². The molecular weight excluding hydrogens is 266 g/mol. The highest BCUT2D eigenvalue weighted by atomic mass is 19.4. The van der Waals surface area contributed by atoms with Gasteiger partial charge in [-0.05, 0) is 31.5 Å². The van der Waals surface area contributed by atoms with Crippen LogP contribution < -0.4 is 14.8 Å². The molecule has 3 nitrogen and oxygen atoms in total. The summed E-state index contributed by atoms with van der Waals surface area (Å²) in [5.41, 5.74) is 0.553. The van der Waals surface area contributed by atoms with E-state index in [9.17, 15) is 17.6 Å². The van der Waals surface area contributed by atoms with Crippen molar-refractivity contribution >= 4 is 0 Å². The first-order chi connectivity index (χ1) is 8.96. The van der Waals surface area contributed by atoms with E-state index in [1.807, 2.05) is 0 Å². The zero-order chi connectivity index (χ0) is 13.6. The summed E-state index contributed by atoms with van der Waals surface area (Å²) in [6.45, 7) is 0.784. The Hall–Kier alpha value is -1.50. The van der Waals surface area contributed by atoms with Crippen molar-refractivity contribution in [2.24, 2.45) is 0 Å². The van der Waals surface area contributed by atoms with Crippen molar-refractivity contribution < 1.29 is 27.0 Å². The highest BCUT2D eigenvalue weighted by Gasteiger charge is 2.40. The first-order valence-electron chi connectivity index (χ1n) is 5.94. The Bertz CT molecular complexity index is 503. The van der Waals surface area contributed by atoms with Crippen LogP contribution in [0.4, 0.5) is 17.6 Å². The second-order valence-corrected chi connectivity index (χ2v) is 4.57. The van der Waals surface area contributed by atoms with Crippen molar-refractivity contribution in [2.75, 3.05) is 6.54 Å². The molecule has 1 aromatic carbocycles. The predicted molar refractivity (Wildman–Crippen MR) is 57.5 cm³/mol. The molecule has 2 heterocycles. The minimum Gasteiger partial charge on any atom is -0.485 e. The molecule has 3 rings (SSSR count). The average Bonchev–Trinajstić information content (AvgIpc) is 2.71. The van der Waals surface area contributed by atoms with Crippen LogP contribution in [0.25, 0.3) is 0 Å². The topological polar surface area (TPSA) is 30.5 Å². The fourth-order valence-corrected chi connectivity index (χ4v) is 2.57. The average molecular weight is 277 g/mol. The van der Waals surface area contributed by atoms with Crippen molar-refractivity contribution in [1.29, 1.82) is 0 Å². The number of alkyl halides is 3. The van der Waals surface area contributed by atoms with Crippen molar-refractivity contribution in [3.05, 3.63) is 23.5 Å². The molecule has 1 saturated heterocycles. The third kappa shape index (κ3) is 2.22. The molecule has 0 saturated carbocycles. The summed E-state index contributed by atoms with van der Waals surface area (Å²) in [5.74, 6) is -2.08. The second kappa shape index (κ2) is 4.26. The van der Waals surface area contributed by atoms with E-state index in [4.69, 9.17) is 4.74 Å². The van der Waals surface area contributed by atoms with Gasteiger partial charge < -0.3 is 14.8 Å². The minimum absolute atomic E-state index is 0.133.